The second-order valence-corrected chi connectivity index (χ2v) is 8.44. The maximum absolute atomic E-state index is 12.5. The molecule has 0 spiro atoms. The number of rotatable bonds is 4. The van der Waals surface area contributed by atoms with Crippen molar-refractivity contribution in [1.82, 2.24) is 14.9 Å². The third kappa shape index (κ3) is 5.12. The molecule has 4 rings (SSSR count). The van der Waals surface area contributed by atoms with Crippen molar-refractivity contribution in [1.29, 1.82) is 0 Å². The van der Waals surface area contributed by atoms with Crippen LogP contribution in [0.3, 0.4) is 0 Å². The topological polar surface area (TPSA) is 80.1 Å². The zero-order chi connectivity index (χ0) is 21.8. The Morgan fingerprint density at radius 3 is 2.68 bits per heavy atom. The fourth-order valence-electron chi connectivity index (χ4n) is 4.01. The minimum Gasteiger partial charge on any atom is -0.474 e. The van der Waals surface area contributed by atoms with Gasteiger partial charge in [-0.15, -0.1) is 0 Å². The molecule has 1 aliphatic heterocycles. The van der Waals surface area contributed by atoms with Gasteiger partial charge in [-0.2, -0.15) is 4.98 Å². The van der Waals surface area contributed by atoms with Crippen LogP contribution in [0.5, 0.6) is 5.88 Å². The second-order valence-electron chi connectivity index (χ2n) is 8.44. The smallest absolute Gasteiger partial charge is 0.250 e. The van der Waals surface area contributed by atoms with Crippen LogP contribution in [0.25, 0.3) is 10.9 Å². The largest absolute Gasteiger partial charge is 0.474 e. The van der Waals surface area contributed by atoms with E-state index >= 15 is 0 Å². The molecule has 8 heteroatoms. The molecular formula is C23H31N5O3. The summed E-state index contributed by atoms with van der Waals surface area (Å²) in [6, 6.07) is 5.93. The van der Waals surface area contributed by atoms with Crippen LogP contribution in [0, 0.1) is 5.92 Å². The Morgan fingerprint density at radius 2 is 1.97 bits per heavy atom. The molecule has 2 aliphatic rings. The highest BCUT2D eigenvalue weighted by molar-refractivity contribution is 5.94. The van der Waals surface area contributed by atoms with Crippen molar-refractivity contribution in [3.05, 3.63) is 24.4 Å². The van der Waals surface area contributed by atoms with Gasteiger partial charge in [0.1, 0.15) is 17.8 Å². The summed E-state index contributed by atoms with van der Waals surface area (Å²) in [5.74, 6) is 2.20. The molecule has 8 nitrogen and oxygen atoms in total. The molecule has 1 amide bonds. The van der Waals surface area contributed by atoms with Crippen molar-refractivity contribution in [3.63, 3.8) is 0 Å². The summed E-state index contributed by atoms with van der Waals surface area (Å²) in [4.78, 5) is 30.2. The molecule has 0 radical (unpaired) electrons. The molecule has 166 valence electrons. The van der Waals surface area contributed by atoms with E-state index in [0.717, 1.165) is 61.3 Å². The lowest BCUT2D eigenvalue weighted by atomic mass is 9.87. The molecule has 0 atom stereocenters. The van der Waals surface area contributed by atoms with Gasteiger partial charge in [-0.05, 0) is 44.7 Å². The first-order valence-electron chi connectivity index (χ1n) is 11.0. The number of morpholine rings is 1. The average molecular weight is 426 g/mol. The lowest BCUT2D eigenvalue weighted by Gasteiger charge is -2.30. The van der Waals surface area contributed by atoms with Crippen LogP contribution < -0.4 is 9.64 Å². The summed E-state index contributed by atoms with van der Waals surface area (Å²) < 4.78 is 11.9. The van der Waals surface area contributed by atoms with Crippen molar-refractivity contribution in [2.75, 3.05) is 45.3 Å². The Labute approximate surface area is 183 Å². The molecule has 1 saturated heterocycles. The highest BCUT2D eigenvalue weighted by atomic mass is 16.5. The first kappa shape index (κ1) is 21.5. The average Bonchev–Trinajstić information content (AvgIpc) is 2.80. The summed E-state index contributed by atoms with van der Waals surface area (Å²) >= 11 is 0. The molecule has 0 aromatic carbocycles. The number of anilines is 1. The minimum absolute atomic E-state index is 0.0215. The lowest BCUT2D eigenvalue weighted by molar-refractivity contribution is -0.123. The number of hydrogen-bond donors (Lipinski definition) is 0. The van der Waals surface area contributed by atoms with Crippen molar-refractivity contribution in [3.8, 4) is 5.88 Å². The summed E-state index contributed by atoms with van der Waals surface area (Å²) in [6.45, 7) is 4.88. The van der Waals surface area contributed by atoms with E-state index in [-0.39, 0.29) is 17.9 Å². The number of fused-ring (bicyclic) bond motifs is 1. The number of aliphatic imine (C=N–C) groups is 1. The SMILES string of the molecule is C/C(=N\C(=O)[C@H]1CC[C@@H](Oc2nc(N3CCOCC3)cc3ncccc23)CC1)N(C)C. The minimum atomic E-state index is -0.0270. The van der Waals surface area contributed by atoms with Crippen LogP contribution in [0.1, 0.15) is 32.6 Å². The van der Waals surface area contributed by atoms with Gasteiger partial charge in [0.25, 0.3) is 0 Å². The first-order valence-corrected chi connectivity index (χ1v) is 11.0. The van der Waals surface area contributed by atoms with E-state index in [1.807, 2.05) is 44.1 Å². The molecule has 0 bridgehead atoms. The first-order chi connectivity index (χ1) is 15.0. The molecule has 1 aliphatic carbocycles. The monoisotopic (exact) mass is 425 g/mol. The summed E-state index contributed by atoms with van der Waals surface area (Å²) in [7, 11) is 3.79. The van der Waals surface area contributed by atoms with E-state index < -0.39 is 0 Å². The van der Waals surface area contributed by atoms with Crippen molar-refractivity contribution >= 4 is 28.5 Å². The van der Waals surface area contributed by atoms with Gasteiger partial charge in [0.05, 0.1) is 24.1 Å². The fraction of sp³-hybridized carbons (Fsp3) is 0.565. The molecule has 2 fully saturated rings. The maximum atomic E-state index is 12.5. The third-order valence-corrected chi connectivity index (χ3v) is 6.11. The van der Waals surface area contributed by atoms with E-state index in [1.54, 1.807) is 6.20 Å². The zero-order valence-corrected chi connectivity index (χ0v) is 18.6. The van der Waals surface area contributed by atoms with Crippen LogP contribution in [0.15, 0.2) is 29.4 Å². The number of ether oxygens (including phenoxy) is 2. The number of nitrogens with zero attached hydrogens (tertiary/aromatic N) is 5. The summed E-state index contributed by atoms with van der Waals surface area (Å²) in [5.41, 5.74) is 0.881. The molecule has 2 aromatic heterocycles. The summed E-state index contributed by atoms with van der Waals surface area (Å²) in [5, 5.41) is 0.920. The van der Waals surface area contributed by atoms with E-state index in [0.29, 0.717) is 19.1 Å². The van der Waals surface area contributed by atoms with E-state index in [9.17, 15) is 4.79 Å². The van der Waals surface area contributed by atoms with Gasteiger partial charge < -0.3 is 19.3 Å². The highest BCUT2D eigenvalue weighted by Crippen LogP contribution is 2.32. The predicted molar refractivity (Wildman–Crippen MR) is 121 cm³/mol. The maximum Gasteiger partial charge on any atom is 0.250 e. The van der Waals surface area contributed by atoms with E-state index in [4.69, 9.17) is 14.5 Å². The molecular weight excluding hydrogens is 394 g/mol. The Balaban J connectivity index is 1.46. The van der Waals surface area contributed by atoms with Crippen molar-refractivity contribution in [2.24, 2.45) is 10.9 Å². The zero-order valence-electron chi connectivity index (χ0n) is 18.6. The van der Waals surface area contributed by atoms with Gasteiger partial charge in [0.2, 0.25) is 11.8 Å². The van der Waals surface area contributed by atoms with Gasteiger partial charge in [-0.25, -0.2) is 4.99 Å². The standard InChI is InChI=1S/C23H31N5O3/c1-16(27(2)3)25-22(29)17-6-8-18(9-7-17)31-23-19-5-4-10-24-20(19)15-21(26-23)28-11-13-30-14-12-28/h4-5,10,15,17-18H,6-9,11-14H2,1-3H3/b25-16+/t17-,18+. The quantitative estimate of drug-likeness (QED) is 0.550. The van der Waals surface area contributed by atoms with Gasteiger partial charge in [-0.3, -0.25) is 9.78 Å². The number of carbonyl (C=O) groups is 1. The highest BCUT2D eigenvalue weighted by Gasteiger charge is 2.28. The molecule has 31 heavy (non-hydrogen) atoms. The van der Waals surface area contributed by atoms with Gasteiger partial charge in [0, 0.05) is 45.4 Å². The second kappa shape index (κ2) is 9.60. The Morgan fingerprint density at radius 1 is 1.23 bits per heavy atom. The van der Waals surface area contributed by atoms with Gasteiger partial charge in [-0.1, -0.05) is 0 Å². The number of aromatic nitrogens is 2. The molecule has 0 N–H and O–H groups in total. The molecule has 1 saturated carbocycles. The van der Waals surface area contributed by atoms with E-state index in [1.165, 1.54) is 0 Å². The summed E-state index contributed by atoms with van der Waals surface area (Å²) in [6.07, 6.45) is 5.04. The lowest BCUT2D eigenvalue weighted by Crippen LogP contribution is -2.36. The van der Waals surface area contributed by atoms with Crippen LogP contribution in [0.2, 0.25) is 0 Å². The van der Waals surface area contributed by atoms with Crippen LogP contribution in [-0.2, 0) is 9.53 Å². The van der Waals surface area contributed by atoms with Crippen molar-refractivity contribution in [2.45, 2.75) is 38.7 Å². The molecule has 0 unspecified atom stereocenters. The number of amidine groups is 1. The fourth-order valence-corrected chi connectivity index (χ4v) is 4.01. The third-order valence-electron chi connectivity index (χ3n) is 6.11. The molecule has 2 aromatic rings. The van der Waals surface area contributed by atoms with E-state index in [2.05, 4.69) is 14.9 Å². The van der Waals surface area contributed by atoms with Crippen molar-refractivity contribution < 1.29 is 14.3 Å². The number of hydrogen-bond acceptors (Lipinski definition) is 6. The predicted octanol–water partition coefficient (Wildman–Crippen LogP) is 2.91. The number of pyridine rings is 2. The molecule has 3 heterocycles. The van der Waals surface area contributed by atoms with Crippen LogP contribution in [0.4, 0.5) is 5.82 Å². The van der Waals surface area contributed by atoms with Crippen LogP contribution >= 0.6 is 0 Å². The van der Waals surface area contributed by atoms with Crippen LogP contribution in [-0.4, -0.2) is 73.1 Å². The number of carbonyl (C=O) groups excluding carboxylic acids is 1. The van der Waals surface area contributed by atoms with Gasteiger partial charge in [0.15, 0.2) is 0 Å². The Hall–Kier alpha value is -2.74. The normalized spacial score (nSPS) is 22.4. The van der Waals surface area contributed by atoms with Gasteiger partial charge >= 0.3 is 0 Å². The number of amides is 1. The Bertz CT molecular complexity index is 947. The Kier molecular flexibility index (Phi) is 6.65.